The van der Waals surface area contributed by atoms with E-state index in [1.807, 2.05) is 6.08 Å². The molecular weight excluding hydrogens is 124 g/mol. The summed E-state index contributed by atoms with van der Waals surface area (Å²) in [5.41, 5.74) is 0. The van der Waals surface area contributed by atoms with Gasteiger partial charge in [0.2, 0.25) is 0 Å². The lowest BCUT2D eigenvalue weighted by molar-refractivity contribution is 0.192. The third kappa shape index (κ3) is 0.567. The molecule has 3 aliphatic rings. The molecule has 3 rings (SSSR count). The summed E-state index contributed by atoms with van der Waals surface area (Å²) in [5, 5.41) is 9.45. The zero-order chi connectivity index (χ0) is 6.72. The van der Waals surface area contributed by atoms with Gasteiger partial charge in [-0.2, -0.15) is 0 Å². The molecule has 10 heavy (non-hydrogen) atoms. The monoisotopic (exact) mass is 136 g/mol. The van der Waals surface area contributed by atoms with Crippen LogP contribution in [0, 0.1) is 23.7 Å². The minimum atomic E-state index is -0.0993. The fourth-order valence-corrected chi connectivity index (χ4v) is 2.47. The van der Waals surface area contributed by atoms with Gasteiger partial charge in [-0.05, 0) is 36.5 Å². The van der Waals surface area contributed by atoms with Crippen molar-refractivity contribution in [3.8, 4) is 0 Å². The van der Waals surface area contributed by atoms with Crippen molar-refractivity contribution in [1.82, 2.24) is 0 Å². The minimum Gasteiger partial charge on any atom is -0.389 e. The molecule has 0 aromatic carbocycles. The van der Waals surface area contributed by atoms with Crippen LogP contribution in [0.3, 0.4) is 0 Å². The Bertz CT molecular complexity index is 197. The topological polar surface area (TPSA) is 20.2 Å². The first-order valence-electron chi connectivity index (χ1n) is 4.22. The van der Waals surface area contributed by atoms with Gasteiger partial charge >= 0.3 is 0 Å². The Kier molecular flexibility index (Phi) is 0.791. The summed E-state index contributed by atoms with van der Waals surface area (Å²) >= 11 is 0. The SMILES string of the molecule is O[C@@H]1C=C[C@H]2C[C@H]2[C@@H]2C[C@@H]21. The third-order valence-electron chi connectivity index (χ3n) is 3.33. The van der Waals surface area contributed by atoms with Crippen LogP contribution in [-0.4, -0.2) is 11.2 Å². The number of hydrogen-bond donors (Lipinski definition) is 1. The second-order valence-electron chi connectivity index (χ2n) is 4.00. The van der Waals surface area contributed by atoms with E-state index >= 15 is 0 Å². The summed E-state index contributed by atoms with van der Waals surface area (Å²) < 4.78 is 0. The molecule has 54 valence electrons. The van der Waals surface area contributed by atoms with Crippen molar-refractivity contribution in [2.75, 3.05) is 0 Å². The lowest BCUT2D eigenvalue weighted by atomic mass is 10.1. The van der Waals surface area contributed by atoms with Gasteiger partial charge in [0.05, 0.1) is 6.10 Å². The highest BCUT2D eigenvalue weighted by atomic mass is 16.3. The van der Waals surface area contributed by atoms with Crippen molar-refractivity contribution < 1.29 is 5.11 Å². The summed E-state index contributed by atoms with van der Waals surface area (Å²) in [7, 11) is 0. The second-order valence-corrected chi connectivity index (χ2v) is 4.00. The summed E-state index contributed by atoms with van der Waals surface area (Å²) in [6.45, 7) is 0. The van der Waals surface area contributed by atoms with Crippen LogP contribution in [0.5, 0.6) is 0 Å². The van der Waals surface area contributed by atoms with E-state index in [0.717, 1.165) is 17.8 Å². The van der Waals surface area contributed by atoms with Crippen LogP contribution in [0.2, 0.25) is 0 Å². The van der Waals surface area contributed by atoms with Crippen molar-refractivity contribution in [3.05, 3.63) is 12.2 Å². The summed E-state index contributed by atoms with van der Waals surface area (Å²) in [4.78, 5) is 0. The highest BCUT2D eigenvalue weighted by Crippen LogP contribution is 2.61. The van der Waals surface area contributed by atoms with Gasteiger partial charge in [0.1, 0.15) is 0 Å². The molecule has 1 heteroatoms. The van der Waals surface area contributed by atoms with Gasteiger partial charge < -0.3 is 5.11 Å². The molecule has 0 spiro atoms. The lowest BCUT2D eigenvalue weighted by Crippen LogP contribution is -2.05. The molecule has 1 N–H and O–H groups in total. The summed E-state index contributed by atoms with van der Waals surface area (Å²) in [6, 6.07) is 0. The molecule has 0 bridgehead atoms. The Morgan fingerprint density at radius 3 is 2.80 bits per heavy atom. The van der Waals surface area contributed by atoms with E-state index in [4.69, 9.17) is 0 Å². The molecule has 0 aromatic rings. The number of allylic oxidation sites excluding steroid dienone is 1. The number of aliphatic hydroxyl groups excluding tert-OH is 1. The van der Waals surface area contributed by atoms with Crippen LogP contribution in [0.15, 0.2) is 12.2 Å². The summed E-state index contributed by atoms with van der Waals surface area (Å²) in [5.74, 6) is 3.37. The predicted octanol–water partition coefficient (Wildman–Crippen LogP) is 1.19. The van der Waals surface area contributed by atoms with Crippen LogP contribution in [0.4, 0.5) is 0 Å². The van der Waals surface area contributed by atoms with E-state index in [2.05, 4.69) is 6.08 Å². The molecule has 0 amide bonds. The predicted molar refractivity (Wildman–Crippen MR) is 38.3 cm³/mol. The molecule has 0 unspecified atom stereocenters. The molecule has 3 aliphatic carbocycles. The Balaban J connectivity index is 1.91. The van der Waals surface area contributed by atoms with E-state index in [-0.39, 0.29) is 6.10 Å². The fourth-order valence-electron chi connectivity index (χ4n) is 2.47. The Hall–Kier alpha value is -0.300. The average Bonchev–Trinajstić information content (AvgIpc) is 2.71. The highest BCUT2D eigenvalue weighted by molar-refractivity contribution is 5.17. The molecular formula is C9H12O. The van der Waals surface area contributed by atoms with Crippen molar-refractivity contribution in [2.24, 2.45) is 23.7 Å². The quantitative estimate of drug-likeness (QED) is 0.496. The van der Waals surface area contributed by atoms with Crippen LogP contribution in [0.25, 0.3) is 0 Å². The highest BCUT2D eigenvalue weighted by Gasteiger charge is 2.55. The first kappa shape index (κ1) is 5.36. The summed E-state index contributed by atoms with van der Waals surface area (Å²) in [6.07, 6.45) is 6.85. The van der Waals surface area contributed by atoms with Gasteiger partial charge in [-0.15, -0.1) is 0 Å². The fraction of sp³-hybridized carbons (Fsp3) is 0.778. The maximum Gasteiger partial charge on any atom is 0.0752 e. The Morgan fingerprint density at radius 2 is 1.90 bits per heavy atom. The van der Waals surface area contributed by atoms with Gasteiger partial charge in [0, 0.05) is 0 Å². The van der Waals surface area contributed by atoms with Crippen molar-refractivity contribution in [3.63, 3.8) is 0 Å². The van der Waals surface area contributed by atoms with Crippen molar-refractivity contribution in [1.29, 1.82) is 0 Å². The molecule has 0 aromatic heterocycles. The molecule has 1 nitrogen and oxygen atoms in total. The van der Waals surface area contributed by atoms with Gasteiger partial charge in [-0.25, -0.2) is 0 Å². The maximum absolute atomic E-state index is 9.45. The number of hydrogen-bond acceptors (Lipinski definition) is 1. The zero-order valence-electron chi connectivity index (χ0n) is 5.90. The number of aliphatic hydroxyl groups is 1. The molecule has 2 saturated carbocycles. The second kappa shape index (κ2) is 1.48. The number of rotatable bonds is 0. The van der Waals surface area contributed by atoms with Crippen LogP contribution >= 0.6 is 0 Å². The lowest BCUT2D eigenvalue weighted by Gasteiger charge is -2.00. The van der Waals surface area contributed by atoms with E-state index in [1.165, 1.54) is 12.8 Å². The molecule has 0 saturated heterocycles. The maximum atomic E-state index is 9.45. The van der Waals surface area contributed by atoms with Crippen molar-refractivity contribution >= 4 is 0 Å². The zero-order valence-corrected chi connectivity index (χ0v) is 5.90. The average molecular weight is 136 g/mol. The van der Waals surface area contributed by atoms with E-state index in [0.29, 0.717) is 5.92 Å². The molecule has 2 fully saturated rings. The first-order valence-corrected chi connectivity index (χ1v) is 4.22. The third-order valence-corrected chi connectivity index (χ3v) is 3.33. The standard InChI is InChI=1S/C9H12O/c10-9-2-1-5-3-6(5)7-4-8(7)9/h1-2,5-10H,3-4H2/t5-,6+,7-,8-,9+/m0/s1. The van der Waals surface area contributed by atoms with E-state index in [9.17, 15) is 5.11 Å². The number of fused-ring (bicyclic) bond motifs is 3. The largest absolute Gasteiger partial charge is 0.389 e. The van der Waals surface area contributed by atoms with Gasteiger partial charge in [-0.3, -0.25) is 0 Å². The molecule has 5 atom stereocenters. The van der Waals surface area contributed by atoms with Crippen LogP contribution in [0.1, 0.15) is 12.8 Å². The van der Waals surface area contributed by atoms with Gasteiger partial charge in [-0.1, -0.05) is 12.2 Å². The van der Waals surface area contributed by atoms with Crippen LogP contribution in [-0.2, 0) is 0 Å². The van der Waals surface area contributed by atoms with E-state index < -0.39 is 0 Å². The van der Waals surface area contributed by atoms with Crippen molar-refractivity contribution in [2.45, 2.75) is 18.9 Å². The molecule has 0 heterocycles. The van der Waals surface area contributed by atoms with Gasteiger partial charge in [0.25, 0.3) is 0 Å². The van der Waals surface area contributed by atoms with Gasteiger partial charge in [0.15, 0.2) is 0 Å². The molecule has 0 radical (unpaired) electrons. The smallest absolute Gasteiger partial charge is 0.0752 e. The first-order chi connectivity index (χ1) is 4.86. The Morgan fingerprint density at radius 1 is 1.00 bits per heavy atom. The molecule has 0 aliphatic heterocycles. The normalized spacial score (nSPS) is 62.3. The Labute approximate surface area is 60.7 Å². The van der Waals surface area contributed by atoms with Crippen LogP contribution < -0.4 is 0 Å². The van der Waals surface area contributed by atoms with E-state index in [1.54, 1.807) is 0 Å². The minimum absolute atomic E-state index is 0.0993.